The van der Waals surface area contributed by atoms with Gasteiger partial charge in [-0.15, -0.1) is 12.4 Å². The molecule has 2 unspecified atom stereocenters. The second-order valence-corrected chi connectivity index (χ2v) is 7.07. The summed E-state index contributed by atoms with van der Waals surface area (Å²) in [5.41, 5.74) is 0. The molecular formula is C11H24ClN3O2S. The number of nitrogens with zero attached hydrogens (tertiary/aromatic N) is 2. The maximum atomic E-state index is 12.5. The van der Waals surface area contributed by atoms with Crippen LogP contribution in [0.15, 0.2) is 0 Å². The maximum Gasteiger partial charge on any atom is 0.282 e. The summed E-state index contributed by atoms with van der Waals surface area (Å²) in [6.07, 6.45) is 4.02. The van der Waals surface area contributed by atoms with Crippen molar-refractivity contribution < 1.29 is 8.42 Å². The van der Waals surface area contributed by atoms with E-state index in [4.69, 9.17) is 0 Å². The Bertz CT molecular complexity index is 357. The van der Waals surface area contributed by atoms with Gasteiger partial charge in [-0.3, -0.25) is 0 Å². The van der Waals surface area contributed by atoms with Gasteiger partial charge in [-0.1, -0.05) is 6.42 Å². The molecule has 2 saturated heterocycles. The number of piperidine rings is 1. The molecule has 0 radical (unpaired) electrons. The molecule has 2 fully saturated rings. The largest absolute Gasteiger partial charge is 0.315 e. The molecule has 1 N–H and O–H groups in total. The molecule has 0 aromatic rings. The van der Waals surface area contributed by atoms with Crippen LogP contribution >= 0.6 is 12.4 Å². The molecular weight excluding hydrogens is 274 g/mol. The van der Waals surface area contributed by atoms with E-state index in [9.17, 15) is 8.42 Å². The summed E-state index contributed by atoms with van der Waals surface area (Å²) >= 11 is 0. The lowest BCUT2D eigenvalue weighted by Crippen LogP contribution is -2.51. The molecule has 18 heavy (non-hydrogen) atoms. The Morgan fingerprint density at radius 1 is 1.28 bits per heavy atom. The van der Waals surface area contributed by atoms with Gasteiger partial charge < -0.3 is 5.32 Å². The molecule has 0 spiro atoms. The second kappa shape index (κ2) is 6.52. The van der Waals surface area contributed by atoms with Crippen LogP contribution in [0.5, 0.6) is 0 Å². The molecule has 2 heterocycles. The molecule has 2 atom stereocenters. The lowest BCUT2D eigenvalue weighted by atomic mass is 10.1. The normalized spacial score (nSPS) is 30.4. The molecule has 2 aliphatic rings. The SMILES string of the molecule is CC1CCCCN1S(=O)(=O)N(C)C1CCNC1.Cl. The lowest BCUT2D eigenvalue weighted by Gasteiger charge is -2.36. The first kappa shape index (κ1) is 16.2. The van der Waals surface area contributed by atoms with Crippen molar-refractivity contribution in [3.63, 3.8) is 0 Å². The van der Waals surface area contributed by atoms with Crippen molar-refractivity contribution in [2.75, 3.05) is 26.7 Å². The van der Waals surface area contributed by atoms with E-state index in [2.05, 4.69) is 5.32 Å². The van der Waals surface area contributed by atoms with Crippen molar-refractivity contribution in [2.24, 2.45) is 0 Å². The molecule has 7 heteroatoms. The van der Waals surface area contributed by atoms with E-state index in [1.165, 1.54) is 0 Å². The Morgan fingerprint density at radius 3 is 2.56 bits per heavy atom. The van der Waals surface area contributed by atoms with Gasteiger partial charge in [-0.25, -0.2) is 0 Å². The second-order valence-electron chi connectivity index (χ2n) is 5.13. The van der Waals surface area contributed by atoms with Gasteiger partial charge in [-0.05, 0) is 32.7 Å². The predicted molar refractivity (Wildman–Crippen MR) is 75.2 cm³/mol. The highest BCUT2D eigenvalue weighted by molar-refractivity contribution is 7.86. The van der Waals surface area contributed by atoms with Crippen LogP contribution in [0.1, 0.15) is 32.6 Å². The highest BCUT2D eigenvalue weighted by Gasteiger charge is 2.36. The summed E-state index contributed by atoms with van der Waals surface area (Å²) < 4.78 is 28.3. The molecule has 5 nitrogen and oxygen atoms in total. The molecule has 0 amide bonds. The van der Waals surface area contributed by atoms with Crippen molar-refractivity contribution in [3.8, 4) is 0 Å². The van der Waals surface area contributed by atoms with Gasteiger partial charge >= 0.3 is 0 Å². The van der Waals surface area contributed by atoms with Crippen molar-refractivity contribution in [2.45, 2.75) is 44.7 Å². The molecule has 2 aliphatic heterocycles. The Labute approximate surface area is 116 Å². The highest BCUT2D eigenvalue weighted by Crippen LogP contribution is 2.23. The van der Waals surface area contributed by atoms with Crippen LogP contribution < -0.4 is 5.32 Å². The number of hydrogen-bond donors (Lipinski definition) is 1. The van der Waals surface area contributed by atoms with E-state index in [-0.39, 0.29) is 24.5 Å². The van der Waals surface area contributed by atoms with Gasteiger partial charge in [0.25, 0.3) is 10.2 Å². The van der Waals surface area contributed by atoms with Crippen LogP contribution in [0.2, 0.25) is 0 Å². The minimum absolute atomic E-state index is 0. The number of hydrogen-bond acceptors (Lipinski definition) is 3. The monoisotopic (exact) mass is 297 g/mol. The van der Waals surface area contributed by atoms with Gasteiger partial charge in [-0.2, -0.15) is 17.0 Å². The van der Waals surface area contributed by atoms with Gasteiger partial charge in [0.15, 0.2) is 0 Å². The van der Waals surface area contributed by atoms with E-state index >= 15 is 0 Å². The molecule has 0 aromatic heterocycles. The topological polar surface area (TPSA) is 52.7 Å². The van der Waals surface area contributed by atoms with E-state index in [1.807, 2.05) is 6.92 Å². The van der Waals surface area contributed by atoms with Crippen molar-refractivity contribution >= 4 is 22.6 Å². The zero-order valence-electron chi connectivity index (χ0n) is 11.1. The quantitative estimate of drug-likeness (QED) is 0.839. The first-order valence-corrected chi connectivity index (χ1v) is 7.88. The van der Waals surface area contributed by atoms with Gasteiger partial charge in [0.1, 0.15) is 0 Å². The Hall–Kier alpha value is 0.120. The molecule has 108 valence electrons. The Kier molecular flexibility index (Phi) is 5.86. The number of nitrogens with one attached hydrogen (secondary N) is 1. The molecule has 2 rings (SSSR count). The molecule has 0 bridgehead atoms. The zero-order valence-corrected chi connectivity index (χ0v) is 12.8. The Morgan fingerprint density at radius 2 is 2.00 bits per heavy atom. The summed E-state index contributed by atoms with van der Waals surface area (Å²) in [4.78, 5) is 0. The maximum absolute atomic E-state index is 12.5. The zero-order chi connectivity index (χ0) is 12.5. The Balaban J connectivity index is 0.00000162. The summed E-state index contributed by atoms with van der Waals surface area (Å²) in [5, 5.41) is 3.21. The summed E-state index contributed by atoms with van der Waals surface area (Å²) in [7, 11) is -1.55. The third-order valence-electron chi connectivity index (χ3n) is 3.95. The fourth-order valence-electron chi connectivity index (χ4n) is 2.72. The van der Waals surface area contributed by atoms with E-state index in [1.54, 1.807) is 15.7 Å². The average molecular weight is 298 g/mol. The van der Waals surface area contributed by atoms with Gasteiger partial charge in [0.05, 0.1) is 0 Å². The molecule has 0 saturated carbocycles. The predicted octanol–water partition coefficient (Wildman–Crippen LogP) is 0.821. The van der Waals surface area contributed by atoms with E-state index in [0.717, 1.165) is 38.8 Å². The highest BCUT2D eigenvalue weighted by atomic mass is 35.5. The summed E-state index contributed by atoms with van der Waals surface area (Å²) in [5.74, 6) is 0. The van der Waals surface area contributed by atoms with E-state index < -0.39 is 10.2 Å². The molecule has 0 aliphatic carbocycles. The van der Waals surface area contributed by atoms with Crippen LogP contribution in [-0.4, -0.2) is 55.8 Å². The average Bonchev–Trinajstić information content (AvgIpc) is 2.81. The first-order valence-electron chi connectivity index (χ1n) is 6.49. The van der Waals surface area contributed by atoms with Gasteiger partial charge in [0.2, 0.25) is 0 Å². The van der Waals surface area contributed by atoms with Crippen molar-refractivity contribution in [1.29, 1.82) is 0 Å². The van der Waals surface area contributed by atoms with Crippen LogP contribution in [-0.2, 0) is 10.2 Å². The fourth-order valence-corrected chi connectivity index (χ4v) is 4.53. The summed E-state index contributed by atoms with van der Waals surface area (Å²) in [6.45, 7) is 4.38. The minimum Gasteiger partial charge on any atom is -0.315 e. The third-order valence-corrected chi connectivity index (χ3v) is 6.11. The third kappa shape index (κ3) is 3.17. The fraction of sp³-hybridized carbons (Fsp3) is 1.00. The van der Waals surface area contributed by atoms with E-state index in [0.29, 0.717) is 6.54 Å². The first-order chi connectivity index (χ1) is 8.03. The molecule has 0 aromatic carbocycles. The van der Waals surface area contributed by atoms with Crippen LogP contribution in [0, 0.1) is 0 Å². The lowest BCUT2D eigenvalue weighted by molar-refractivity contribution is 0.241. The van der Waals surface area contributed by atoms with Gasteiger partial charge in [0, 0.05) is 32.2 Å². The van der Waals surface area contributed by atoms with Crippen LogP contribution in [0.3, 0.4) is 0 Å². The summed E-state index contributed by atoms with van der Waals surface area (Å²) in [6, 6.07) is 0.264. The number of likely N-dealkylation sites (N-methyl/N-ethyl adjacent to an activating group) is 1. The smallest absolute Gasteiger partial charge is 0.282 e. The van der Waals surface area contributed by atoms with Crippen molar-refractivity contribution in [3.05, 3.63) is 0 Å². The number of rotatable bonds is 3. The van der Waals surface area contributed by atoms with Crippen LogP contribution in [0.25, 0.3) is 0 Å². The van der Waals surface area contributed by atoms with Crippen molar-refractivity contribution in [1.82, 2.24) is 13.9 Å². The number of halogens is 1. The minimum atomic E-state index is -3.27. The standard InChI is InChI=1S/C11H23N3O2S.ClH/c1-10-5-3-4-8-14(10)17(15,16)13(2)11-6-7-12-9-11;/h10-12H,3-9H2,1-2H3;1H. The van der Waals surface area contributed by atoms with Crippen LogP contribution in [0.4, 0.5) is 0 Å².